The molecule has 0 saturated heterocycles. The van der Waals surface area contributed by atoms with E-state index in [0.717, 1.165) is 0 Å². The molecule has 2 nitrogen and oxygen atoms in total. The zero-order valence-corrected chi connectivity index (χ0v) is 22.0. The van der Waals surface area contributed by atoms with Crippen LogP contribution in [0.5, 0.6) is 0 Å². The summed E-state index contributed by atoms with van der Waals surface area (Å²) in [6, 6.07) is 40.4. The Morgan fingerprint density at radius 2 is 1.26 bits per heavy atom. The van der Waals surface area contributed by atoms with E-state index in [9.17, 15) is 0 Å². The smallest absolute Gasteiger partial charge is 0.0630 e. The molecule has 7 aromatic rings. The highest BCUT2D eigenvalue weighted by Gasteiger charge is 2.38. The van der Waals surface area contributed by atoms with Crippen molar-refractivity contribution < 1.29 is 0 Å². The molecular formula is C36H24N2S. The van der Waals surface area contributed by atoms with E-state index in [-0.39, 0.29) is 6.04 Å². The number of hydrogen-bond acceptors (Lipinski definition) is 2. The highest BCUT2D eigenvalue weighted by Crippen LogP contribution is 2.51. The summed E-state index contributed by atoms with van der Waals surface area (Å²) in [4.78, 5) is 2.58. The van der Waals surface area contributed by atoms with Crippen molar-refractivity contribution in [2.45, 2.75) is 12.0 Å². The Balaban J connectivity index is 1.28. The van der Waals surface area contributed by atoms with Gasteiger partial charge in [0.15, 0.2) is 0 Å². The first kappa shape index (κ1) is 21.3. The Hall–Kier alpha value is -4.60. The van der Waals surface area contributed by atoms with E-state index < -0.39 is 0 Å². The van der Waals surface area contributed by atoms with Crippen LogP contribution in [-0.4, -0.2) is 10.6 Å². The van der Waals surface area contributed by atoms with Gasteiger partial charge in [0.2, 0.25) is 0 Å². The van der Waals surface area contributed by atoms with Crippen molar-refractivity contribution in [2.75, 3.05) is 4.90 Å². The highest BCUT2D eigenvalue weighted by atomic mass is 32.1. The lowest BCUT2D eigenvalue weighted by Gasteiger charge is -2.29. The number of nitrogens with zero attached hydrogens (tertiary/aromatic N) is 2. The van der Waals surface area contributed by atoms with E-state index in [4.69, 9.17) is 0 Å². The summed E-state index contributed by atoms with van der Waals surface area (Å²) in [5, 5.41) is 5.28. The lowest BCUT2D eigenvalue weighted by atomic mass is 9.91. The van der Waals surface area contributed by atoms with Gasteiger partial charge in [0.05, 0.1) is 27.5 Å². The van der Waals surface area contributed by atoms with Gasteiger partial charge in [-0.25, -0.2) is 0 Å². The molecule has 0 saturated carbocycles. The van der Waals surface area contributed by atoms with Gasteiger partial charge in [0.1, 0.15) is 0 Å². The van der Waals surface area contributed by atoms with Gasteiger partial charge in [-0.15, -0.1) is 11.3 Å². The molecule has 2 aromatic heterocycles. The van der Waals surface area contributed by atoms with Crippen LogP contribution < -0.4 is 4.90 Å². The zero-order chi connectivity index (χ0) is 25.5. The molecule has 3 heteroatoms. The van der Waals surface area contributed by atoms with Crippen molar-refractivity contribution in [3.63, 3.8) is 0 Å². The second kappa shape index (κ2) is 7.95. The van der Waals surface area contributed by atoms with E-state index in [0.29, 0.717) is 5.92 Å². The lowest BCUT2D eigenvalue weighted by Crippen LogP contribution is -2.28. The molecular weight excluding hydrogens is 492 g/mol. The summed E-state index contributed by atoms with van der Waals surface area (Å²) in [6.07, 6.45) is 9.17. The van der Waals surface area contributed by atoms with Gasteiger partial charge in [-0.3, -0.25) is 0 Å². The van der Waals surface area contributed by atoms with Crippen LogP contribution in [0.3, 0.4) is 0 Å². The van der Waals surface area contributed by atoms with Gasteiger partial charge in [-0.05, 0) is 48.0 Å². The first-order valence-corrected chi connectivity index (χ1v) is 14.4. The Morgan fingerprint density at radius 1 is 0.564 bits per heavy atom. The minimum Gasteiger partial charge on any atom is -0.332 e. The molecule has 0 N–H and O–H groups in total. The normalized spacial score (nSPS) is 18.0. The third-order valence-corrected chi connectivity index (χ3v) is 9.72. The van der Waals surface area contributed by atoms with Crippen LogP contribution in [0.15, 0.2) is 133 Å². The first-order chi connectivity index (χ1) is 19.4. The van der Waals surface area contributed by atoms with Crippen molar-refractivity contribution in [1.82, 2.24) is 4.57 Å². The summed E-state index contributed by atoms with van der Waals surface area (Å²) < 4.78 is 5.13. The maximum Gasteiger partial charge on any atom is 0.0630 e. The average molecular weight is 517 g/mol. The molecule has 0 amide bonds. The van der Waals surface area contributed by atoms with Gasteiger partial charge < -0.3 is 9.47 Å². The zero-order valence-electron chi connectivity index (χ0n) is 21.2. The summed E-state index contributed by atoms with van der Waals surface area (Å²) in [5.41, 5.74) is 7.70. The molecule has 1 aliphatic heterocycles. The minimum atomic E-state index is 0.259. The fourth-order valence-corrected chi connectivity index (χ4v) is 8.08. The van der Waals surface area contributed by atoms with E-state index in [1.807, 2.05) is 11.3 Å². The molecule has 184 valence electrons. The molecule has 0 radical (unpaired) electrons. The second-order valence-electron chi connectivity index (χ2n) is 10.5. The van der Waals surface area contributed by atoms with Crippen molar-refractivity contribution in [3.8, 4) is 5.69 Å². The van der Waals surface area contributed by atoms with Gasteiger partial charge in [-0.1, -0.05) is 91.0 Å². The quantitative estimate of drug-likeness (QED) is 0.222. The lowest BCUT2D eigenvalue weighted by molar-refractivity contribution is 0.746. The van der Waals surface area contributed by atoms with Crippen LogP contribution in [0.2, 0.25) is 0 Å². The largest absolute Gasteiger partial charge is 0.332 e. The molecule has 2 aliphatic rings. The molecule has 5 aromatic carbocycles. The molecule has 0 fully saturated rings. The number of thiophene rings is 1. The number of benzene rings is 5. The predicted molar refractivity (Wildman–Crippen MR) is 167 cm³/mol. The van der Waals surface area contributed by atoms with Crippen LogP contribution in [0.25, 0.3) is 47.7 Å². The third-order valence-electron chi connectivity index (χ3n) is 8.52. The summed E-state index contributed by atoms with van der Waals surface area (Å²) in [5.74, 6) is 0.308. The molecule has 2 unspecified atom stereocenters. The van der Waals surface area contributed by atoms with Crippen LogP contribution in [0, 0.1) is 0 Å². The van der Waals surface area contributed by atoms with E-state index >= 15 is 0 Å². The van der Waals surface area contributed by atoms with Gasteiger partial charge in [-0.2, -0.15) is 0 Å². The Labute approximate surface area is 230 Å². The summed E-state index contributed by atoms with van der Waals surface area (Å²) in [7, 11) is 0. The molecule has 2 atom stereocenters. The molecule has 0 bridgehead atoms. The number of rotatable bonds is 2. The van der Waals surface area contributed by atoms with Crippen LogP contribution >= 0.6 is 11.3 Å². The fraction of sp³-hybridized carbons (Fsp3) is 0.0556. The summed E-state index contributed by atoms with van der Waals surface area (Å²) >= 11 is 1.91. The maximum absolute atomic E-state index is 2.58. The van der Waals surface area contributed by atoms with Crippen LogP contribution in [0.4, 0.5) is 11.4 Å². The summed E-state index contributed by atoms with van der Waals surface area (Å²) in [6.45, 7) is 0. The van der Waals surface area contributed by atoms with Crippen molar-refractivity contribution in [1.29, 1.82) is 0 Å². The second-order valence-corrected chi connectivity index (χ2v) is 11.6. The molecule has 39 heavy (non-hydrogen) atoms. The predicted octanol–water partition coefficient (Wildman–Crippen LogP) is 9.88. The minimum absolute atomic E-state index is 0.259. The maximum atomic E-state index is 2.58. The number of aromatic nitrogens is 1. The number of para-hydroxylation sites is 2. The molecule has 3 heterocycles. The molecule has 1 aliphatic carbocycles. The average Bonchev–Trinajstić information content (AvgIpc) is 3.65. The number of hydrogen-bond donors (Lipinski definition) is 0. The Kier molecular flexibility index (Phi) is 4.35. The number of fused-ring (bicyclic) bond motifs is 9. The molecule has 9 rings (SSSR count). The van der Waals surface area contributed by atoms with E-state index in [1.54, 1.807) is 0 Å². The number of anilines is 2. The van der Waals surface area contributed by atoms with Gasteiger partial charge >= 0.3 is 0 Å². The SMILES string of the molecule is C1=CC2c3cc(-n4c5ccccc5c5ccccc54)ccc3N(c3cccc4c3sc3ccccc34)C2C=C1. The monoisotopic (exact) mass is 516 g/mol. The third kappa shape index (κ3) is 2.91. The number of allylic oxidation sites excluding steroid dienone is 2. The highest BCUT2D eigenvalue weighted by molar-refractivity contribution is 7.26. The fourth-order valence-electron chi connectivity index (χ4n) is 6.87. The van der Waals surface area contributed by atoms with Crippen LogP contribution in [-0.2, 0) is 0 Å². The van der Waals surface area contributed by atoms with Gasteiger partial charge in [0.25, 0.3) is 0 Å². The molecule has 0 spiro atoms. The van der Waals surface area contributed by atoms with Crippen molar-refractivity contribution >= 4 is 64.7 Å². The standard InChI is InChI=1S/C36H24N2S/c1-5-15-30-24(10-1)25-11-2-6-16-31(25)37(30)23-20-21-33-29(22-23)26-12-3-7-17-32(26)38(33)34-18-9-14-28-27-13-4-8-19-35(27)39-36(28)34/h1-22,26,32H. The Morgan fingerprint density at radius 3 is 2.08 bits per heavy atom. The Bertz CT molecular complexity index is 2110. The van der Waals surface area contributed by atoms with Crippen LogP contribution in [0.1, 0.15) is 11.5 Å². The van der Waals surface area contributed by atoms with E-state index in [2.05, 4.69) is 143 Å². The van der Waals surface area contributed by atoms with E-state index in [1.165, 1.54) is 64.6 Å². The topological polar surface area (TPSA) is 8.17 Å². The van der Waals surface area contributed by atoms with Gasteiger partial charge in [0, 0.05) is 43.5 Å². The van der Waals surface area contributed by atoms with Crippen molar-refractivity contribution in [2.24, 2.45) is 0 Å². The van der Waals surface area contributed by atoms with Crippen molar-refractivity contribution in [3.05, 3.63) is 139 Å². The first-order valence-electron chi connectivity index (χ1n) is 13.5.